The first-order valence-electron chi connectivity index (χ1n) is 9.05. The molecule has 0 N–H and O–H groups in total. The molecule has 128 valence electrons. The number of hydrogen-bond acceptors (Lipinski definition) is 2. The molecule has 2 aromatic rings. The number of carbonyl (C=O) groups excluding carboxylic acids is 1. The van der Waals surface area contributed by atoms with E-state index in [-0.39, 0.29) is 11.8 Å². The molecule has 24 heavy (non-hydrogen) atoms. The van der Waals surface area contributed by atoms with Crippen molar-refractivity contribution in [3.63, 3.8) is 0 Å². The number of hydrogen-bond donors (Lipinski definition) is 0. The predicted octanol–water partition coefficient (Wildman–Crippen LogP) is 3.74. The quantitative estimate of drug-likeness (QED) is 0.858. The summed E-state index contributed by atoms with van der Waals surface area (Å²) in [6.45, 7) is 8.05. The molecule has 2 atom stereocenters. The molecule has 0 aromatic heterocycles. The predicted molar refractivity (Wildman–Crippen MR) is 100 cm³/mol. The molecule has 1 saturated heterocycles. The topological polar surface area (TPSA) is 23.6 Å². The second-order valence-corrected chi connectivity index (χ2v) is 7.11. The third-order valence-corrected chi connectivity index (χ3v) is 5.35. The molecule has 3 rings (SSSR count). The molecule has 0 spiro atoms. The summed E-state index contributed by atoms with van der Waals surface area (Å²) >= 11 is 0. The summed E-state index contributed by atoms with van der Waals surface area (Å²) in [5.41, 5.74) is 1.14. The monoisotopic (exact) mass is 324 g/mol. The number of benzene rings is 2. The molecule has 2 unspecified atom stereocenters. The number of fused-ring (bicyclic) bond motifs is 1. The van der Waals surface area contributed by atoms with Crippen LogP contribution in [0.3, 0.4) is 0 Å². The largest absolute Gasteiger partial charge is 0.341 e. The summed E-state index contributed by atoms with van der Waals surface area (Å²) in [6.07, 6.45) is 1.12. The van der Waals surface area contributed by atoms with Gasteiger partial charge >= 0.3 is 0 Å². The Labute approximate surface area is 145 Å². The van der Waals surface area contributed by atoms with Gasteiger partial charge in [0.1, 0.15) is 0 Å². The Morgan fingerprint density at radius 2 is 1.88 bits per heavy atom. The molecule has 0 radical (unpaired) electrons. The highest BCUT2D eigenvalue weighted by atomic mass is 16.2. The van der Waals surface area contributed by atoms with Crippen molar-refractivity contribution >= 4 is 16.7 Å². The zero-order valence-corrected chi connectivity index (χ0v) is 15.0. The smallest absolute Gasteiger partial charge is 0.229 e. The Morgan fingerprint density at radius 3 is 2.67 bits per heavy atom. The zero-order valence-electron chi connectivity index (χ0n) is 15.0. The normalized spacial score (nSPS) is 20.8. The van der Waals surface area contributed by atoms with Crippen LogP contribution >= 0.6 is 0 Å². The Kier molecular flexibility index (Phi) is 5.20. The summed E-state index contributed by atoms with van der Waals surface area (Å²) in [6, 6.07) is 14.6. The van der Waals surface area contributed by atoms with Gasteiger partial charge in [-0.3, -0.25) is 4.79 Å². The van der Waals surface area contributed by atoms with E-state index in [1.165, 1.54) is 10.8 Å². The minimum Gasteiger partial charge on any atom is -0.341 e. The van der Waals surface area contributed by atoms with Gasteiger partial charge < -0.3 is 9.80 Å². The first-order valence-corrected chi connectivity index (χ1v) is 9.05. The van der Waals surface area contributed by atoms with Crippen molar-refractivity contribution in [3.05, 3.63) is 48.0 Å². The minimum absolute atomic E-state index is 0.1000. The Hall–Kier alpha value is -1.87. The Balaban J connectivity index is 1.85. The molecule has 3 heteroatoms. The maximum atomic E-state index is 13.2. The van der Waals surface area contributed by atoms with Crippen molar-refractivity contribution < 1.29 is 4.79 Å². The summed E-state index contributed by atoms with van der Waals surface area (Å²) < 4.78 is 0. The molecular weight excluding hydrogens is 296 g/mol. The highest BCUT2D eigenvalue weighted by Crippen LogP contribution is 2.27. The van der Waals surface area contributed by atoms with Crippen molar-refractivity contribution in [2.75, 3.05) is 33.2 Å². The molecule has 0 saturated carbocycles. The SMILES string of the molecule is CCC1CN(C)CCN(C(=O)C(C)c2cccc3ccccc23)C1. The van der Waals surface area contributed by atoms with E-state index in [1.807, 2.05) is 0 Å². The van der Waals surface area contributed by atoms with E-state index < -0.39 is 0 Å². The third-order valence-electron chi connectivity index (χ3n) is 5.35. The lowest BCUT2D eigenvalue weighted by Crippen LogP contribution is -2.38. The average molecular weight is 324 g/mol. The van der Waals surface area contributed by atoms with Crippen LogP contribution in [-0.4, -0.2) is 48.9 Å². The van der Waals surface area contributed by atoms with E-state index >= 15 is 0 Å². The third kappa shape index (κ3) is 3.46. The van der Waals surface area contributed by atoms with Gasteiger partial charge in [-0.05, 0) is 36.2 Å². The first-order chi connectivity index (χ1) is 11.6. The standard InChI is InChI=1S/C21H28N2O/c1-4-17-14-22(3)12-13-23(15-17)21(24)16(2)19-11-7-9-18-8-5-6-10-20(18)19/h5-11,16-17H,4,12-15H2,1-3H3. The summed E-state index contributed by atoms with van der Waals surface area (Å²) in [7, 11) is 2.16. The first kappa shape index (κ1) is 17.0. The number of rotatable bonds is 3. The lowest BCUT2D eigenvalue weighted by molar-refractivity contribution is -0.132. The molecule has 0 aliphatic carbocycles. The van der Waals surface area contributed by atoms with E-state index in [1.54, 1.807) is 0 Å². The highest BCUT2D eigenvalue weighted by molar-refractivity contribution is 5.92. The van der Waals surface area contributed by atoms with E-state index in [9.17, 15) is 4.79 Å². The van der Waals surface area contributed by atoms with Crippen molar-refractivity contribution in [2.24, 2.45) is 5.92 Å². The van der Waals surface area contributed by atoms with Crippen LogP contribution in [0.4, 0.5) is 0 Å². The second kappa shape index (κ2) is 7.35. The van der Waals surface area contributed by atoms with Crippen molar-refractivity contribution in [3.8, 4) is 0 Å². The highest BCUT2D eigenvalue weighted by Gasteiger charge is 2.27. The van der Waals surface area contributed by atoms with Crippen LogP contribution in [0.25, 0.3) is 10.8 Å². The molecule has 1 amide bonds. The maximum absolute atomic E-state index is 13.2. The van der Waals surface area contributed by atoms with Crippen LogP contribution in [0, 0.1) is 5.92 Å². The van der Waals surface area contributed by atoms with Gasteiger partial charge in [0.25, 0.3) is 0 Å². The van der Waals surface area contributed by atoms with Gasteiger partial charge in [-0.25, -0.2) is 0 Å². The fourth-order valence-corrected chi connectivity index (χ4v) is 3.78. The Morgan fingerprint density at radius 1 is 1.12 bits per heavy atom. The van der Waals surface area contributed by atoms with Crippen LogP contribution in [-0.2, 0) is 4.79 Å². The number of carbonyl (C=O) groups is 1. The summed E-state index contributed by atoms with van der Waals surface area (Å²) in [5, 5.41) is 2.40. The van der Waals surface area contributed by atoms with Crippen LogP contribution in [0.5, 0.6) is 0 Å². The fraction of sp³-hybridized carbons (Fsp3) is 0.476. The summed E-state index contributed by atoms with van der Waals surface area (Å²) in [4.78, 5) is 17.6. The van der Waals surface area contributed by atoms with Crippen molar-refractivity contribution in [1.29, 1.82) is 0 Å². The Bertz CT molecular complexity index is 707. The van der Waals surface area contributed by atoms with E-state index in [2.05, 4.69) is 73.2 Å². The van der Waals surface area contributed by atoms with Gasteiger partial charge in [-0.1, -0.05) is 55.8 Å². The molecule has 1 fully saturated rings. The van der Waals surface area contributed by atoms with Crippen LogP contribution in [0.15, 0.2) is 42.5 Å². The molecule has 0 bridgehead atoms. The minimum atomic E-state index is -0.1000. The van der Waals surface area contributed by atoms with Gasteiger partial charge in [0.2, 0.25) is 5.91 Å². The number of likely N-dealkylation sites (N-methyl/N-ethyl adjacent to an activating group) is 1. The fourth-order valence-electron chi connectivity index (χ4n) is 3.78. The summed E-state index contributed by atoms with van der Waals surface area (Å²) in [5.74, 6) is 0.735. The van der Waals surface area contributed by atoms with E-state index in [0.29, 0.717) is 5.92 Å². The van der Waals surface area contributed by atoms with Gasteiger partial charge in [0.05, 0.1) is 5.92 Å². The van der Waals surface area contributed by atoms with Crippen LogP contribution < -0.4 is 0 Å². The molecule has 2 aromatic carbocycles. The average Bonchev–Trinajstić information content (AvgIpc) is 2.81. The van der Waals surface area contributed by atoms with Crippen molar-refractivity contribution in [2.45, 2.75) is 26.2 Å². The van der Waals surface area contributed by atoms with E-state index in [4.69, 9.17) is 0 Å². The van der Waals surface area contributed by atoms with Gasteiger partial charge in [0.15, 0.2) is 0 Å². The molecule has 1 aliphatic rings. The lowest BCUT2D eigenvalue weighted by Gasteiger charge is -2.27. The number of nitrogens with zero attached hydrogens (tertiary/aromatic N) is 2. The molecular formula is C21H28N2O. The van der Waals surface area contributed by atoms with Crippen LogP contribution in [0.2, 0.25) is 0 Å². The zero-order chi connectivity index (χ0) is 17.1. The van der Waals surface area contributed by atoms with E-state index in [0.717, 1.165) is 38.2 Å². The van der Waals surface area contributed by atoms with Gasteiger partial charge in [-0.2, -0.15) is 0 Å². The lowest BCUT2D eigenvalue weighted by atomic mass is 9.93. The second-order valence-electron chi connectivity index (χ2n) is 7.11. The van der Waals surface area contributed by atoms with Crippen molar-refractivity contribution in [1.82, 2.24) is 9.80 Å². The van der Waals surface area contributed by atoms with Crippen LogP contribution in [0.1, 0.15) is 31.7 Å². The maximum Gasteiger partial charge on any atom is 0.229 e. The van der Waals surface area contributed by atoms with Gasteiger partial charge in [-0.15, -0.1) is 0 Å². The molecule has 3 nitrogen and oxygen atoms in total. The molecule has 1 heterocycles. The van der Waals surface area contributed by atoms with Gasteiger partial charge in [0, 0.05) is 26.2 Å². The molecule has 1 aliphatic heterocycles. The number of amides is 1.